The molecule has 0 amide bonds. The molecule has 2 aliphatic heterocycles. The lowest BCUT2D eigenvalue weighted by Crippen LogP contribution is -2.49. The monoisotopic (exact) mass is 432 g/mol. The maximum atomic E-state index is 6.31. The first-order valence-electron chi connectivity index (χ1n) is 9.42. The number of piperidine rings is 1. The molecule has 2 saturated heterocycles. The van der Waals surface area contributed by atoms with E-state index in [-0.39, 0.29) is 11.5 Å². The van der Waals surface area contributed by atoms with Crippen LogP contribution >= 0.6 is 23.4 Å². The number of fused-ring (bicyclic) bond motifs is 1. The summed E-state index contributed by atoms with van der Waals surface area (Å²) in [7, 11) is 0. The van der Waals surface area contributed by atoms with Crippen LogP contribution in [0.1, 0.15) is 12.8 Å². The summed E-state index contributed by atoms with van der Waals surface area (Å²) in [5.41, 5.74) is 12.9. The molecule has 5 rings (SSSR count). The minimum absolute atomic E-state index is 0.0939. The van der Waals surface area contributed by atoms with Crippen molar-refractivity contribution >= 4 is 40.8 Å². The number of anilines is 2. The van der Waals surface area contributed by atoms with Gasteiger partial charge in [0.2, 0.25) is 5.95 Å². The van der Waals surface area contributed by atoms with Crippen LogP contribution in [0.5, 0.6) is 0 Å². The number of nitrogen functional groups attached to an aromatic ring is 1. The van der Waals surface area contributed by atoms with Gasteiger partial charge >= 0.3 is 0 Å². The SMILES string of the molecule is Nc1nccc(Sc2cnc(N3CCC4(CC3)COC[C@H]4N)n3cnnc23)c1Cl. The highest BCUT2D eigenvalue weighted by atomic mass is 35.5. The third kappa shape index (κ3) is 3.20. The second kappa shape index (κ2) is 7.28. The van der Waals surface area contributed by atoms with Crippen molar-refractivity contribution in [1.29, 1.82) is 0 Å². The van der Waals surface area contributed by atoms with Crippen molar-refractivity contribution in [3.63, 3.8) is 0 Å². The second-order valence-corrected chi connectivity index (χ2v) is 8.99. The number of halogens is 1. The highest BCUT2D eigenvalue weighted by molar-refractivity contribution is 7.99. The molecule has 0 bridgehead atoms. The van der Waals surface area contributed by atoms with Gasteiger partial charge in [0.1, 0.15) is 12.1 Å². The van der Waals surface area contributed by atoms with Gasteiger partial charge in [-0.1, -0.05) is 23.4 Å². The number of aromatic nitrogens is 5. The Kier molecular flexibility index (Phi) is 4.73. The van der Waals surface area contributed by atoms with Gasteiger partial charge in [0.15, 0.2) is 5.65 Å². The van der Waals surface area contributed by atoms with E-state index in [0.717, 1.165) is 53.9 Å². The molecule has 9 nitrogen and oxygen atoms in total. The molecular formula is C18H21ClN8OS. The van der Waals surface area contributed by atoms with E-state index in [2.05, 4.69) is 20.1 Å². The lowest BCUT2D eigenvalue weighted by molar-refractivity contribution is 0.131. The summed E-state index contributed by atoms with van der Waals surface area (Å²) in [6.45, 7) is 3.15. The van der Waals surface area contributed by atoms with E-state index in [9.17, 15) is 0 Å². The minimum atomic E-state index is 0.0939. The highest BCUT2D eigenvalue weighted by Gasteiger charge is 2.44. The molecule has 3 aromatic rings. The number of hydrogen-bond donors (Lipinski definition) is 2. The molecular weight excluding hydrogens is 412 g/mol. The van der Waals surface area contributed by atoms with Crippen molar-refractivity contribution in [3.8, 4) is 0 Å². The van der Waals surface area contributed by atoms with Crippen molar-refractivity contribution in [2.75, 3.05) is 36.9 Å². The third-order valence-electron chi connectivity index (χ3n) is 5.90. The zero-order valence-electron chi connectivity index (χ0n) is 15.7. The molecule has 1 spiro atoms. The number of nitrogens with two attached hydrogens (primary N) is 2. The Morgan fingerprint density at radius 1 is 1.24 bits per heavy atom. The van der Waals surface area contributed by atoms with Gasteiger partial charge in [0.05, 0.1) is 23.1 Å². The van der Waals surface area contributed by atoms with E-state index >= 15 is 0 Å². The predicted octanol–water partition coefficient (Wildman–Crippen LogP) is 1.85. The van der Waals surface area contributed by atoms with E-state index in [0.29, 0.717) is 17.4 Å². The van der Waals surface area contributed by atoms with Gasteiger partial charge in [-0.15, -0.1) is 10.2 Å². The quantitative estimate of drug-likeness (QED) is 0.638. The minimum Gasteiger partial charge on any atom is -0.382 e. The lowest BCUT2D eigenvalue weighted by Gasteiger charge is -2.41. The van der Waals surface area contributed by atoms with Gasteiger partial charge in [-0.3, -0.25) is 0 Å². The Balaban J connectivity index is 1.42. The second-order valence-electron chi connectivity index (χ2n) is 7.53. The molecule has 0 saturated carbocycles. The molecule has 2 fully saturated rings. The number of pyridine rings is 1. The van der Waals surface area contributed by atoms with Crippen LogP contribution in [-0.2, 0) is 4.74 Å². The fourth-order valence-electron chi connectivity index (χ4n) is 4.07. The van der Waals surface area contributed by atoms with Crippen LogP contribution in [0.2, 0.25) is 5.02 Å². The molecule has 29 heavy (non-hydrogen) atoms. The Labute approximate surface area is 176 Å². The molecule has 5 heterocycles. The zero-order chi connectivity index (χ0) is 20.0. The Hall–Kier alpha value is -2.14. The largest absolute Gasteiger partial charge is 0.382 e. The van der Waals surface area contributed by atoms with E-state index in [4.69, 9.17) is 32.8 Å². The summed E-state index contributed by atoms with van der Waals surface area (Å²) in [5, 5.41) is 8.83. The summed E-state index contributed by atoms with van der Waals surface area (Å²) in [6.07, 6.45) is 7.11. The average Bonchev–Trinajstić information content (AvgIpc) is 3.35. The summed E-state index contributed by atoms with van der Waals surface area (Å²) in [6, 6.07) is 1.94. The first kappa shape index (κ1) is 18.9. The molecule has 11 heteroatoms. The Morgan fingerprint density at radius 3 is 2.83 bits per heavy atom. The fourth-order valence-corrected chi connectivity index (χ4v) is 5.19. The zero-order valence-corrected chi connectivity index (χ0v) is 17.2. The summed E-state index contributed by atoms with van der Waals surface area (Å²) >= 11 is 7.74. The van der Waals surface area contributed by atoms with Gasteiger partial charge in [0, 0.05) is 41.8 Å². The normalized spacial score (nSPS) is 21.3. The van der Waals surface area contributed by atoms with Crippen molar-refractivity contribution < 1.29 is 4.74 Å². The molecule has 2 aliphatic rings. The van der Waals surface area contributed by atoms with Gasteiger partial charge in [-0.2, -0.15) is 0 Å². The van der Waals surface area contributed by atoms with Crippen LogP contribution in [0.3, 0.4) is 0 Å². The molecule has 4 N–H and O–H groups in total. The van der Waals surface area contributed by atoms with Crippen molar-refractivity contribution in [1.82, 2.24) is 24.6 Å². The van der Waals surface area contributed by atoms with Crippen molar-refractivity contribution in [3.05, 3.63) is 29.8 Å². The maximum Gasteiger partial charge on any atom is 0.212 e. The predicted molar refractivity (Wildman–Crippen MR) is 111 cm³/mol. The molecule has 3 aromatic heterocycles. The Bertz CT molecular complexity index is 1050. The van der Waals surface area contributed by atoms with Crippen LogP contribution in [0.15, 0.2) is 34.6 Å². The topological polar surface area (TPSA) is 120 Å². The molecule has 0 radical (unpaired) electrons. The average molecular weight is 433 g/mol. The van der Waals surface area contributed by atoms with Crippen molar-refractivity contribution in [2.24, 2.45) is 11.1 Å². The summed E-state index contributed by atoms with van der Waals surface area (Å²) in [4.78, 5) is 12.6. The molecule has 152 valence electrons. The van der Waals surface area contributed by atoms with Crippen LogP contribution in [0, 0.1) is 5.41 Å². The van der Waals surface area contributed by atoms with E-state index in [1.807, 2.05) is 16.7 Å². The van der Waals surface area contributed by atoms with Crippen molar-refractivity contribution in [2.45, 2.75) is 28.7 Å². The number of ether oxygens (including phenoxy) is 1. The molecule has 0 unspecified atom stereocenters. The summed E-state index contributed by atoms with van der Waals surface area (Å²) < 4.78 is 7.55. The smallest absolute Gasteiger partial charge is 0.212 e. The summed E-state index contributed by atoms with van der Waals surface area (Å²) in [5.74, 6) is 1.13. The molecule has 0 aromatic carbocycles. The van der Waals surface area contributed by atoms with E-state index in [1.165, 1.54) is 11.8 Å². The van der Waals surface area contributed by atoms with Crippen LogP contribution in [-0.4, -0.2) is 56.9 Å². The van der Waals surface area contributed by atoms with Crippen LogP contribution in [0.25, 0.3) is 5.65 Å². The molecule has 1 atom stereocenters. The Morgan fingerprint density at radius 2 is 2.07 bits per heavy atom. The number of hydrogen-bond acceptors (Lipinski definition) is 9. The third-order valence-corrected chi connectivity index (χ3v) is 7.47. The van der Waals surface area contributed by atoms with Gasteiger partial charge in [0.25, 0.3) is 0 Å². The standard InChI is InChI=1S/C18H21ClN8OS/c19-14-11(1-4-22-15(14)21)29-12-7-23-17(27-10-24-25-16(12)27)26-5-2-18(3-6-26)9-28-8-13(18)20/h1,4,7,10,13H,2-3,5-6,8-9,20H2,(H2,21,22)/t13-/m1/s1. The number of nitrogens with zero attached hydrogens (tertiary/aromatic N) is 6. The van der Waals surface area contributed by atoms with Crippen LogP contribution < -0.4 is 16.4 Å². The van der Waals surface area contributed by atoms with Crippen LogP contribution in [0.4, 0.5) is 11.8 Å². The highest BCUT2D eigenvalue weighted by Crippen LogP contribution is 2.40. The van der Waals surface area contributed by atoms with E-state index < -0.39 is 0 Å². The first-order valence-corrected chi connectivity index (χ1v) is 10.6. The number of rotatable bonds is 3. The van der Waals surface area contributed by atoms with E-state index in [1.54, 1.807) is 12.5 Å². The lowest BCUT2D eigenvalue weighted by atomic mass is 9.75. The maximum absolute atomic E-state index is 6.31. The van der Waals surface area contributed by atoms with Gasteiger partial charge in [-0.25, -0.2) is 14.4 Å². The molecule has 0 aliphatic carbocycles. The van der Waals surface area contributed by atoms with Gasteiger partial charge < -0.3 is 21.1 Å². The first-order chi connectivity index (χ1) is 14.1. The van der Waals surface area contributed by atoms with Gasteiger partial charge in [-0.05, 0) is 18.9 Å². The fraction of sp³-hybridized carbons (Fsp3) is 0.444.